The molecule has 1 amide bonds. The Bertz CT molecular complexity index is 832. The molecule has 0 radical (unpaired) electrons. The van der Waals surface area contributed by atoms with E-state index >= 15 is 0 Å². The Morgan fingerprint density at radius 3 is 2.69 bits per heavy atom. The summed E-state index contributed by atoms with van der Waals surface area (Å²) < 4.78 is 31.6. The second-order valence-electron chi connectivity index (χ2n) is 5.44. The minimum atomic E-state index is -1.06. The first kappa shape index (κ1) is 20.2. The van der Waals surface area contributed by atoms with E-state index in [1.165, 1.54) is 6.92 Å². The first-order valence-electron chi connectivity index (χ1n) is 7.60. The highest BCUT2D eigenvalue weighted by Gasteiger charge is 2.19. The molecular formula is C18H16ClF2NO3S. The van der Waals surface area contributed by atoms with Gasteiger partial charge in [0.05, 0.1) is 5.75 Å². The number of esters is 1. The fourth-order valence-corrected chi connectivity index (χ4v) is 2.89. The summed E-state index contributed by atoms with van der Waals surface area (Å²) in [5.74, 6) is -2.73. The van der Waals surface area contributed by atoms with Gasteiger partial charge < -0.3 is 10.1 Å². The van der Waals surface area contributed by atoms with Gasteiger partial charge in [-0.15, -0.1) is 11.8 Å². The van der Waals surface area contributed by atoms with Crippen molar-refractivity contribution in [2.75, 3.05) is 11.1 Å². The Morgan fingerprint density at radius 2 is 1.96 bits per heavy atom. The maximum Gasteiger partial charge on any atom is 0.317 e. The molecule has 4 nitrogen and oxygen atoms in total. The summed E-state index contributed by atoms with van der Waals surface area (Å²) in [5.41, 5.74) is 1.32. The molecular weight excluding hydrogens is 384 g/mol. The number of carbonyl (C=O) groups is 2. The van der Waals surface area contributed by atoms with Gasteiger partial charge in [0.25, 0.3) is 5.91 Å². The lowest BCUT2D eigenvalue weighted by Crippen LogP contribution is -2.30. The third-order valence-electron chi connectivity index (χ3n) is 3.37. The Hall–Kier alpha value is -2.12. The largest absolute Gasteiger partial charge is 0.452 e. The lowest BCUT2D eigenvalue weighted by atomic mass is 10.2. The van der Waals surface area contributed by atoms with Crippen LogP contribution in [-0.4, -0.2) is 23.7 Å². The van der Waals surface area contributed by atoms with Gasteiger partial charge >= 0.3 is 5.97 Å². The summed E-state index contributed by atoms with van der Waals surface area (Å²) in [5, 5.41) is 3.09. The normalized spacial score (nSPS) is 11.7. The lowest BCUT2D eigenvalue weighted by molar-refractivity contribution is -0.150. The molecule has 2 rings (SSSR count). The zero-order valence-corrected chi connectivity index (χ0v) is 15.6. The van der Waals surface area contributed by atoms with E-state index in [0.717, 1.165) is 35.5 Å². The predicted octanol–water partition coefficient (Wildman–Crippen LogP) is 4.59. The number of carbonyl (C=O) groups excluding carboxylic acids is 2. The van der Waals surface area contributed by atoms with Crippen LogP contribution in [0.4, 0.5) is 14.5 Å². The molecule has 1 N–H and O–H groups in total. The van der Waals surface area contributed by atoms with Crippen LogP contribution in [-0.2, 0) is 14.3 Å². The predicted molar refractivity (Wildman–Crippen MR) is 97.5 cm³/mol. The Morgan fingerprint density at radius 1 is 1.23 bits per heavy atom. The zero-order chi connectivity index (χ0) is 19.3. The minimum absolute atomic E-state index is 0.00592. The van der Waals surface area contributed by atoms with Gasteiger partial charge in [-0.1, -0.05) is 17.7 Å². The van der Waals surface area contributed by atoms with Crippen molar-refractivity contribution in [2.45, 2.75) is 24.8 Å². The van der Waals surface area contributed by atoms with Crippen molar-refractivity contribution in [3.8, 4) is 0 Å². The molecule has 0 aliphatic rings. The van der Waals surface area contributed by atoms with Crippen molar-refractivity contribution >= 4 is 40.9 Å². The molecule has 2 aromatic rings. The lowest BCUT2D eigenvalue weighted by Gasteiger charge is -2.15. The second kappa shape index (κ2) is 9.00. The monoisotopic (exact) mass is 399 g/mol. The maximum absolute atomic E-state index is 13.5. The molecule has 0 aliphatic heterocycles. The molecule has 0 aliphatic carbocycles. The summed E-state index contributed by atoms with van der Waals surface area (Å²) in [6, 6.07) is 7.99. The molecule has 1 atom stereocenters. The first-order chi connectivity index (χ1) is 12.3. The smallest absolute Gasteiger partial charge is 0.317 e. The number of thioether (sulfide) groups is 1. The summed E-state index contributed by atoms with van der Waals surface area (Å²) in [6.07, 6.45) is -1.06. The molecule has 0 unspecified atom stereocenters. The molecule has 0 fully saturated rings. The van der Waals surface area contributed by atoms with Crippen molar-refractivity contribution in [3.05, 3.63) is 58.6 Å². The zero-order valence-electron chi connectivity index (χ0n) is 14.0. The van der Waals surface area contributed by atoms with Gasteiger partial charge in [-0.05, 0) is 49.7 Å². The minimum Gasteiger partial charge on any atom is -0.452 e. The maximum atomic E-state index is 13.5. The van der Waals surface area contributed by atoms with Gasteiger partial charge in [-0.2, -0.15) is 0 Å². The second-order valence-corrected chi connectivity index (χ2v) is 6.90. The van der Waals surface area contributed by atoms with Crippen LogP contribution in [0, 0.1) is 18.6 Å². The van der Waals surface area contributed by atoms with Gasteiger partial charge in [0.1, 0.15) is 11.6 Å². The van der Waals surface area contributed by atoms with E-state index in [4.69, 9.17) is 16.3 Å². The number of hydrogen-bond acceptors (Lipinski definition) is 4. The standard InChI is InChI=1S/C18H16ClF2NO3S/c1-10-3-4-12(19)7-15(10)22-18(24)11(2)25-17(23)9-26-16-8-13(20)5-6-14(16)21/h3-8,11H,9H2,1-2H3,(H,22,24)/t11-/m1/s1. The molecule has 0 heterocycles. The summed E-state index contributed by atoms with van der Waals surface area (Å²) in [7, 11) is 0. The SMILES string of the molecule is Cc1ccc(Cl)cc1NC(=O)[C@@H](C)OC(=O)CSc1cc(F)ccc1F. The number of aryl methyl sites for hydroxylation is 1. The molecule has 0 saturated carbocycles. The highest BCUT2D eigenvalue weighted by Crippen LogP contribution is 2.23. The van der Waals surface area contributed by atoms with Crippen LogP contribution in [0.25, 0.3) is 0 Å². The summed E-state index contributed by atoms with van der Waals surface area (Å²) in [4.78, 5) is 24.0. The van der Waals surface area contributed by atoms with Crippen LogP contribution in [0.15, 0.2) is 41.3 Å². The van der Waals surface area contributed by atoms with E-state index in [-0.39, 0.29) is 10.6 Å². The fraction of sp³-hybridized carbons (Fsp3) is 0.222. The molecule has 8 heteroatoms. The Labute approximate surface area is 158 Å². The number of benzene rings is 2. The number of hydrogen-bond donors (Lipinski definition) is 1. The van der Waals surface area contributed by atoms with Crippen molar-refractivity contribution in [1.29, 1.82) is 0 Å². The van der Waals surface area contributed by atoms with Crippen molar-refractivity contribution in [1.82, 2.24) is 0 Å². The van der Waals surface area contributed by atoms with Gasteiger partial charge in [-0.3, -0.25) is 9.59 Å². The van der Waals surface area contributed by atoms with Crippen LogP contribution in [0.5, 0.6) is 0 Å². The van der Waals surface area contributed by atoms with Crippen LogP contribution in [0.1, 0.15) is 12.5 Å². The van der Waals surface area contributed by atoms with Crippen LogP contribution in [0.3, 0.4) is 0 Å². The Balaban J connectivity index is 1.88. The fourth-order valence-electron chi connectivity index (χ4n) is 1.97. The van der Waals surface area contributed by atoms with E-state index in [9.17, 15) is 18.4 Å². The molecule has 0 spiro atoms. The number of nitrogens with one attached hydrogen (secondary N) is 1. The molecule has 138 valence electrons. The third kappa shape index (κ3) is 5.71. The third-order valence-corrected chi connectivity index (χ3v) is 4.61. The van der Waals surface area contributed by atoms with Gasteiger partial charge in [0.2, 0.25) is 0 Å². The van der Waals surface area contributed by atoms with E-state index in [0.29, 0.717) is 10.7 Å². The summed E-state index contributed by atoms with van der Waals surface area (Å²) >= 11 is 6.68. The number of ether oxygens (including phenoxy) is 1. The number of rotatable bonds is 6. The van der Waals surface area contributed by atoms with E-state index in [2.05, 4.69) is 5.32 Å². The van der Waals surface area contributed by atoms with Crippen molar-refractivity contribution in [2.24, 2.45) is 0 Å². The molecule has 0 saturated heterocycles. The average molecular weight is 400 g/mol. The van der Waals surface area contributed by atoms with Crippen molar-refractivity contribution < 1.29 is 23.1 Å². The molecule has 2 aromatic carbocycles. The number of amides is 1. The quantitative estimate of drug-likeness (QED) is 0.570. The van der Waals surface area contributed by atoms with Gasteiger partial charge in [-0.25, -0.2) is 8.78 Å². The Kier molecular flexibility index (Phi) is 6.99. The first-order valence-corrected chi connectivity index (χ1v) is 8.97. The van der Waals surface area contributed by atoms with Crippen LogP contribution in [0.2, 0.25) is 5.02 Å². The van der Waals surface area contributed by atoms with Gasteiger partial charge in [0.15, 0.2) is 6.10 Å². The molecule has 0 bridgehead atoms. The summed E-state index contributed by atoms with van der Waals surface area (Å²) in [6.45, 7) is 3.22. The van der Waals surface area contributed by atoms with Gasteiger partial charge in [0, 0.05) is 15.6 Å². The molecule has 0 aromatic heterocycles. The molecule has 26 heavy (non-hydrogen) atoms. The van der Waals surface area contributed by atoms with Crippen LogP contribution < -0.4 is 5.32 Å². The topological polar surface area (TPSA) is 55.4 Å². The van der Waals surface area contributed by atoms with Crippen molar-refractivity contribution in [3.63, 3.8) is 0 Å². The highest BCUT2D eigenvalue weighted by atomic mass is 35.5. The van der Waals surface area contributed by atoms with E-state index in [1.54, 1.807) is 25.1 Å². The van der Waals surface area contributed by atoms with E-state index in [1.807, 2.05) is 0 Å². The van der Waals surface area contributed by atoms with E-state index < -0.39 is 29.6 Å². The van der Waals surface area contributed by atoms with Crippen LogP contribution >= 0.6 is 23.4 Å². The average Bonchev–Trinajstić information content (AvgIpc) is 2.58. The number of halogens is 3. The highest BCUT2D eigenvalue weighted by molar-refractivity contribution is 8.00. The number of anilines is 1.